The molecule has 1 fully saturated rings. The second-order valence-corrected chi connectivity index (χ2v) is 7.65. The van der Waals surface area contributed by atoms with Crippen molar-refractivity contribution in [3.63, 3.8) is 0 Å². The van der Waals surface area contributed by atoms with Crippen molar-refractivity contribution in [2.45, 2.75) is 37.0 Å². The Labute approximate surface area is 135 Å². The van der Waals surface area contributed by atoms with Crippen molar-refractivity contribution < 1.29 is 13.2 Å². The lowest BCUT2D eigenvalue weighted by Gasteiger charge is -2.12. The van der Waals surface area contributed by atoms with Gasteiger partial charge in [-0.05, 0) is 43.5 Å². The fourth-order valence-corrected chi connectivity index (χ4v) is 3.88. The van der Waals surface area contributed by atoms with E-state index in [4.69, 9.17) is 4.74 Å². The quantitative estimate of drug-likeness (QED) is 0.930. The average Bonchev–Trinajstić information content (AvgIpc) is 3.25. The van der Waals surface area contributed by atoms with Crippen molar-refractivity contribution in [2.24, 2.45) is 0 Å². The van der Waals surface area contributed by atoms with Gasteiger partial charge in [-0.3, -0.25) is 4.72 Å². The summed E-state index contributed by atoms with van der Waals surface area (Å²) in [6.45, 7) is 2.41. The molecule has 120 valence electrons. The topological polar surface area (TPSA) is 81.2 Å². The Kier molecular flexibility index (Phi) is 3.26. The summed E-state index contributed by atoms with van der Waals surface area (Å²) in [5, 5.41) is 0. The van der Waals surface area contributed by atoms with Crippen LogP contribution in [0.4, 0.5) is 5.69 Å². The number of anilines is 1. The molecule has 6 nitrogen and oxygen atoms in total. The summed E-state index contributed by atoms with van der Waals surface area (Å²) in [4.78, 5) is 8.78. The van der Waals surface area contributed by atoms with Crippen LogP contribution in [0.2, 0.25) is 0 Å². The molecule has 1 aromatic carbocycles. The van der Waals surface area contributed by atoms with Crippen LogP contribution in [-0.2, 0) is 16.4 Å². The molecule has 0 saturated heterocycles. The molecule has 1 aromatic heterocycles. The zero-order valence-corrected chi connectivity index (χ0v) is 13.6. The van der Waals surface area contributed by atoms with Crippen LogP contribution in [0.1, 0.15) is 35.8 Å². The fraction of sp³-hybridized carbons (Fsp3) is 0.375. The third-order valence-corrected chi connectivity index (χ3v) is 5.48. The number of ether oxygens (including phenoxy) is 1. The van der Waals surface area contributed by atoms with Crippen molar-refractivity contribution in [3.05, 3.63) is 41.5 Å². The van der Waals surface area contributed by atoms with Gasteiger partial charge in [-0.15, -0.1) is 0 Å². The third-order valence-electron chi connectivity index (χ3n) is 4.12. The van der Waals surface area contributed by atoms with Gasteiger partial charge >= 0.3 is 0 Å². The first-order valence-electron chi connectivity index (χ1n) is 7.65. The maximum atomic E-state index is 12.7. The van der Waals surface area contributed by atoms with E-state index in [2.05, 4.69) is 14.7 Å². The smallest absolute Gasteiger partial charge is 0.262 e. The Hall–Kier alpha value is -2.15. The van der Waals surface area contributed by atoms with Crippen LogP contribution in [0.25, 0.3) is 0 Å². The summed E-state index contributed by atoms with van der Waals surface area (Å²) in [5.41, 5.74) is 2.20. The normalized spacial score (nSPS) is 16.7. The lowest BCUT2D eigenvalue weighted by molar-refractivity contribution is 0.356. The maximum Gasteiger partial charge on any atom is 0.262 e. The second-order valence-electron chi connectivity index (χ2n) is 5.96. The molecule has 2 heterocycles. The molecule has 0 radical (unpaired) electrons. The molecule has 0 amide bonds. The number of rotatable bonds is 4. The number of hydrogen-bond donors (Lipinski definition) is 1. The molecule has 0 unspecified atom stereocenters. The Morgan fingerprint density at radius 1 is 1.30 bits per heavy atom. The number of aromatic nitrogens is 2. The van der Waals surface area contributed by atoms with Crippen molar-refractivity contribution in [2.75, 3.05) is 11.3 Å². The van der Waals surface area contributed by atoms with Gasteiger partial charge in [-0.1, -0.05) is 0 Å². The molecule has 1 saturated carbocycles. The number of fused-ring (bicyclic) bond motifs is 1. The molecule has 23 heavy (non-hydrogen) atoms. The molecule has 1 N–H and O–H groups in total. The highest BCUT2D eigenvalue weighted by Gasteiger charge is 2.30. The van der Waals surface area contributed by atoms with Crippen LogP contribution >= 0.6 is 0 Å². The zero-order chi connectivity index (χ0) is 16.0. The minimum atomic E-state index is -3.66. The van der Waals surface area contributed by atoms with Gasteiger partial charge in [0.15, 0.2) is 0 Å². The Balaban J connectivity index is 1.68. The SMILES string of the molecule is Cc1ncc(NS(=O)(=O)c2ccc3c(c2)CCO3)c(C2CC2)n1. The molecular weight excluding hydrogens is 314 g/mol. The van der Waals surface area contributed by atoms with E-state index in [1.54, 1.807) is 24.4 Å². The van der Waals surface area contributed by atoms with Gasteiger partial charge in [0.25, 0.3) is 10.0 Å². The predicted octanol–water partition coefficient (Wildman–Crippen LogP) is 2.40. The Bertz CT molecular complexity index is 876. The van der Waals surface area contributed by atoms with Gasteiger partial charge in [0.1, 0.15) is 11.6 Å². The van der Waals surface area contributed by atoms with Crippen molar-refractivity contribution in [1.82, 2.24) is 9.97 Å². The zero-order valence-electron chi connectivity index (χ0n) is 12.7. The van der Waals surface area contributed by atoms with E-state index >= 15 is 0 Å². The van der Waals surface area contributed by atoms with Gasteiger partial charge < -0.3 is 4.74 Å². The highest BCUT2D eigenvalue weighted by atomic mass is 32.2. The highest BCUT2D eigenvalue weighted by molar-refractivity contribution is 7.92. The summed E-state index contributed by atoms with van der Waals surface area (Å²) >= 11 is 0. The molecule has 1 aliphatic carbocycles. The first-order chi connectivity index (χ1) is 11.0. The van der Waals surface area contributed by atoms with Crippen molar-refractivity contribution in [1.29, 1.82) is 0 Å². The Morgan fingerprint density at radius 2 is 2.13 bits per heavy atom. The molecular formula is C16H17N3O3S. The van der Waals surface area contributed by atoms with E-state index < -0.39 is 10.0 Å². The molecule has 2 aliphatic rings. The van der Waals surface area contributed by atoms with E-state index in [0.717, 1.165) is 36.3 Å². The Morgan fingerprint density at radius 3 is 2.91 bits per heavy atom. The van der Waals surface area contributed by atoms with Gasteiger partial charge in [-0.2, -0.15) is 0 Å². The van der Waals surface area contributed by atoms with Gasteiger partial charge in [0, 0.05) is 12.3 Å². The molecule has 2 aromatic rings. The summed E-state index contributed by atoms with van der Waals surface area (Å²) in [6.07, 6.45) is 4.38. The summed E-state index contributed by atoms with van der Waals surface area (Å²) < 4.78 is 33.4. The fourth-order valence-electron chi connectivity index (χ4n) is 2.77. The van der Waals surface area contributed by atoms with E-state index in [9.17, 15) is 8.42 Å². The highest BCUT2D eigenvalue weighted by Crippen LogP contribution is 2.42. The number of sulfonamides is 1. The molecule has 0 bridgehead atoms. The standard InChI is InChI=1S/C16H17N3O3S/c1-10-17-9-14(16(18-10)11-2-3-11)19-23(20,21)13-4-5-15-12(8-13)6-7-22-15/h4-5,8-9,11,19H,2-3,6-7H2,1H3. The number of benzene rings is 1. The molecule has 0 atom stereocenters. The van der Waals surface area contributed by atoms with Crippen LogP contribution in [0.15, 0.2) is 29.3 Å². The predicted molar refractivity (Wildman–Crippen MR) is 85.2 cm³/mol. The number of nitrogens with zero attached hydrogens (tertiary/aromatic N) is 2. The minimum absolute atomic E-state index is 0.240. The number of aryl methyl sites for hydroxylation is 1. The number of hydrogen-bond acceptors (Lipinski definition) is 5. The first kappa shape index (κ1) is 14.4. The largest absolute Gasteiger partial charge is 0.493 e. The monoisotopic (exact) mass is 331 g/mol. The van der Waals surface area contributed by atoms with E-state index in [1.807, 2.05) is 6.92 Å². The van der Waals surface area contributed by atoms with Gasteiger partial charge in [0.2, 0.25) is 0 Å². The maximum absolute atomic E-state index is 12.7. The molecule has 0 spiro atoms. The van der Waals surface area contributed by atoms with E-state index in [-0.39, 0.29) is 4.90 Å². The van der Waals surface area contributed by atoms with Crippen LogP contribution < -0.4 is 9.46 Å². The van der Waals surface area contributed by atoms with Crippen LogP contribution in [0, 0.1) is 6.92 Å². The van der Waals surface area contributed by atoms with Crippen LogP contribution in [-0.4, -0.2) is 25.0 Å². The van der Waals surface area contributed by atoms with Crippen LogP contribution in [0.5, 0.6) is 5.75 Å². The molecule has 7 heteroatoms. The lowest BCUT2D eigenvalue weighted by Crippen LogP contribution is -2.15. The van der Waals surface area contributed by atoms with Crippen LogP contribution in [0.3, 0.4) is 0 Å². The lowest BCUT2D eigenvalue weighted by atomic mass is 10.2. The van der Waals surface area contributed by atoms with E-state index in [1.165, 1.54) is 0 Å². The molecule has 4 rings (SSSR count). The third kappa shape index (κ3) is 2.76. The average molecular weight is 331 g/mol. The minimum Gasteiger partial charge on any atom is -0.493 e. The van der Waals surface area contributed by atoms with Crippen molar-refractivity contribution in [3.8, 4) is 5.75 Å². The second kappa shape index (κ2) is 5.19. The van der Waals surface area contributed by atoms with E-state index in [0.29, 0.717) is 24.0 Å². The molecule has 1 aliphatic heterocycles. The van der Waals surface area contributed by atoms with Gasteiger partial charge in [0.05, 0.1) is 29.1 Å². The number of nitrogens with one attached hydrogen (secondary N) is 1. The summed E-state index contributed by atoms with van der Waals surface area (Å²) in [6, 6.07) is 4.96. The summed E-state index contributed by atoms with van der Waals surface area (Å²) in [7, 11) is -3.66. The van der Waals surface area contributed by atoms with Crippen molar-refractivity contribution >= 4 is 15.7 Å². The van der Waals surface area contributed by atoms with Gasteiger partial charge in [-0.25, -0.2) is 18.4 Å². The summed E-state index contributed by atoms with van der Waals surface area (Å²) in [5.74, 6) is 1.76. The first-order valence-corrected chi connectivity index (χ1v) is 9.13.